The lowest BCUT2D eigenvalue weighted by molar-refractivity contribution is 0.0695. The van der Waals surface area contributed by atoms with E-state index in [9.17, 15) is 4.79 Å². The summed E-state index contributed by atoms with van der Waals surface area (Å²) < 4.78 is 1.62. The first-order valence-electron chi connectivity index (χ1n) is 6.35. The van der Waals surface area contributed by atoms with Crippen LogP contribution in [0.2, 0.25) is 0 Å². The van der Waals surface area contributed by atoms with Crippen molar-refractivity contribution in [3.63, 3.8) is 0 Å². The molecule has 0 amide bonds. The highest BCUT2D eigenvalue weighted by Gasteiger charge is 2.15. The first-order valence-corrected chi connectivity index (χ1v) is 6.35. The van der Waals surface area contributed by atoms with E-state index in [0.29, 0.717) is 6.54 Å². The van der Waals surface area contributed by atoms with Crippen molar-refractivity contribution in [2.75, 3.05) is 26.2 Å². The summed E-state index contributed by atoms with van der Waals surface area (Å²) in [7, 11) is 1.77. The number of carbonyl (C=O) groups is 1. The number of nitrogens with zero attached hydrogens (tertiary/aromatic N) is 3. The van der Waals surface area contributed by atoms with E-state index < -0.39 is 5.97 Å². The highest BCUT2D eigenvalue weighted by atomic mass is 16.4. The molecule has 0 radical (unpaired) electrons. The minimum atomic E-state index is -0.917. The first-order chi connectivity index (χ1) is 8.68. The van der Waals surface area contributed by atoms with Crippen LogP contribution in [0.15, 0.2) is 6.20 Å². The van der Waals surface area contributed by atoms with Crippen LogP contribution < -0.4 is 5.32 Å². The molecular formula is C12H20N4O2. The number of nitrogens with one attached hydrogen (secondary N) is 1. The fourth-order valence-corrected chi connectivity index (χ4v) is 2.30. The lowest BCUT2D eigenvalue weighted by Gasteiger charge is -2.14. The molecule has 2 heterocycles. The quantitative estimate of drug-likeness (QED) is 0.713. The lowest BCUT2D eigenvalue weighted by atomic mass is 10.2. The topological polar surface area (TPSA) is 70.4 Å². The van der Waals surface area contributed by atoms with Crippen LogP contribution in [-0.4, -0.2) is 51.9 Å². The third kappa shape index (κ3) is 3.08. The van der Waals surface area contributed by atoms with Crippen molar-refractivity contribution in [1.29, 1.82) is 0 Å². The average Bonchev–Trinajstić information content (AvgIpc) is 2.94. The van der Waals surface area contributed by atoms with E-state index in [1.807, 2.05) is 0 Å². The molecule has 18 heavy (non-hydrogen) atoms. The standard InChI is InChI=1S/C12H20N4O2/c1-15-11(10(8-14-15)12(17)18)9-13-4-7-16-5-2-3-6-16/h8,13H,2-7,9H2,1H3,(H,17,18). The molecule has 0 saturated carbocycles. The molecule has 0 aliphatic carbocycles. The van der Waals surface area contributed by atoms with E-state index in [0.717, 1.165) is 18.8 Å². The van der Waals surface area contributed by atoms with Gasteiger partial charge in [-0.2, -0.15) is 5.10 Å². The number of hydrogen-bond acceptors (Lipinski definition) is 4. The molecule has 6 heteroatoms. The normalized spacial score (nSPS) is 16.3. The van der Waals surface area contributed by atoms with Crippen LogP contribution in [0.5, 0.6) is 0 Å². The van der Waals surface area contributed by atoms with Crippen LogP contribution in [0.25, 0.3) is 0 Å². The number of aromatic nitrogens is 2. The molecule has 0 unspecified atom stereocenters. The van der Waals surface area contributed by atoms with Gasteiger partial charge in [-0.1, -0.05) is 0 Å². The average molecular weight is 252 g/mol. The summed E-state index contributed by atoms with van der Waals surface area (Å²) in [6, 6.07) is 0. The Bertz CT molecular complexity index is 410. The smallest absolute Gasteiger partial charge is 0.339 e. The maximum absolute atomic E-state index is 11.0. The number of likely N-dealkylation sites (tertiary alicyclic amines) is 1. The van der Waals surface area contributed by atoms with Gasteiger partial charge in [-0.3, -0.25) is 4.68 Å². The Morgan fingerprint density at radius 3 is 2.89 bits per heavy atom. The Labute approximate surface area is 107 Å². The SMILES string of the molecule is Cn1ncc(C(=O)O)c1CNCCN1CCCC1. The second-order valence-electron chi connectivity index (χ2n) is 4.66. The van der Waals surface area contributed by atoms with Crippen molar-refractivity contribution < 1.29 is 9.90 Å². The number of hydrogen-bond donors (Lipinski definition) is 2. The van der Waals surface area contributed by atoms with Gasteiger partial charge in [0.15, 0.2) is 0 Å². The summed E-state index contributed by atoms with van der Waals surface area (Å²) in [6.07, 6.45) is 4.00. The molecule has 0 bridgehead atoms. The van der Waals surface area contributed by atoms with Crippen LogP contribution in [0.3, 0.4) is 0 Å². The number of aromatic carboxylic acids is 1. The molecule has 2 rings (SSSR count). The van der Waals surface area contributed by atoms with Crippen LogP contribution in [0, 0.1) is 0 Å². The van der Waals surface area contributed by atoms with E-state index in [4.69, 9.17) is 5.11 Å². The minimum absolute atomic E-state index is 0.283. The second kappa shape index (κ2) is 5.97. The van der Waals surface area contributed by atoms with Crippen molar-refractivity contribution in [1.82, 2.24) is 20.0 Å². The van der Waals surface area contributed by atoms with Gasteiger partial charge in [0, 0.05) is 26.7 Å². The van der Waals surface area contributed by atoms with Crippen molar-refractivity contribution in [2.45, 2.75) is 19.4 Å². The first kappa shape index (κ1) is 13.0. The van der Waals surface area contributed by atoms with Gasteiger partial charge in [-0.15, -0.1) is 0 Å². The zero-order valence-electron chi connectivity index (χ0n) is 10.7. The fraction of sp³-hybridized carbons (Fsp3) is 0.667. The number of carboxylic acids is 1. The number of aryl methyl sites for hydroxylation is 1. The molecule has 0 atom stereocenters. The minimum Gasteiger partial charge on any atom is -0.478 e. The molecule has 6 nitrogen and oxygen atoms in total. The predicted molar refractivity (Wildman–Crippen MR) is 67.5 cm³/mol. The van der Waals surface area contributed by atoms with Gasteiger partial charge < -0.3 is 15.3 Å². The maximum atomic E-state index is 11.0. The largest absolute Gasteiger partial charge is 0.478 e. The van der Waals surface area contributed by atoms with Crippen LogP contribution in [-0.2, 0) is 13.6 Å². The van der Waals surface area contributed by atoms with E-state index >= 15 is 0 Å². The zero-order valence-corrected chi connectivity index (χ0v) is 10.7. The van der Waals surface area contributed by atoms with Gasteiger partial charge in [0.1, 0.15) is 5.56 Å². The van der Waals surface area contributed by atoms with Crippen molar-refractivity contribution in [2.24, 2.45) is 7.05 Å². The van der Waals surface area contributed by atoms with Crippen LogP contribution in [0.1, 0.15) is 28.9 Å². The summed E-state index contributed by atoms with van der Waals surface area (Å²) in [4.78, 5) is 13.4. The molecule has 1 aliphatic rings. The molecule has 100 valence electrons. The molecule has 2 N–H and O–H groups in total. The van der Waals surface area contributed by atoms with Crippen molar-refractivity contribution >= 4 is 5.97 Å². The fourth-order valence-electron chi connectivity index (χ4n) is 2.30. The van der Waals surface area contributed by atoms with Crippen LogP contribution in [0.4, 0.5) is 0 Å². The number of carboxylic acid groups (broad SMARTS) is 1. The lowest BCUT2D eigenvalue weighted by Crippen LogP contribution is -2.30. The third-order valence-corrected chi connectivity index (χ3v) is 3.39. The summed E-state index contributed by atoms with van der Waals surface area (Å²) in [5.74, 6) is -0.917. The summed E-state index contributed by atoms with van der Waals surface area (Å²) >= 11 is 0. The van der Waals surface area contributed by atoms with Gasteiger partial charge in [-0.05, 0) is 25.9 Å². The zero-order chi connectivity index (χ0) is 13.0. The third-order valence-electron chi connectivity index (χ3n) is 3.39. The molecule has 1 saturated heterocycles. The van der Waals surface area contributed by atoms with Gasteiger partial charge in [0.25, 0.3) is 0 Å². The Hall–Kier alpha value is -1.40. The maximum Gasteiger partial charge on any atom is 0.339 e. The molecular weight excluding hydrogens is 232 g/mol. The van der Waals surface area contributed by atoms with Gasteiger partial charge in [0.05, 0.1) is 11.9 Å². The second-order valence-corrected chi connectivity index (χ2v) is 4.66. The molecule has 1 aliphatic heterocycles. The van der Waals surface area contributed by atoms with Gasteiger partial charge in [0.2, 0.25) is 0 Å². The molecule has 1 fully saturated rings. The highest BCUT2D eigenvalue weighted by Crippen LogP contribution is 2.08. The van der Waals surface area contributed by atoms with Gasteiger partial charge in [-0.25, -0.2) is 4.79 Å². The van der Waals surface area contributed by atoms with Crippen molar-refractivity contribution in [3.05, 3.63) is 17.5 Å². The summed E-state index contributed by atoms with van der Waals surface area (Å²) in [6.45, 7) is 4.83. The van der Waals surface area contributed by atoms with E-state index in [-0.39, 0.29) is 5.56 Å². The highest BCUT2D eigenvalue weighted by molar-refractivity contribution is 5.88. The number of rotatable bonds is 6. The van der Waals surface area contributed by atoms with E-state index in [1.54, 1.807) is 11.7 Å². The van der Waals surface area contributed by atoms with Crippen molar-refractivity contribution in [3.8, 4) is 0 Å². The van der Waals surface area contributed by atoms with E-state index in [1.165, 1.54) is 32.1 Å². The molecule has 1 aromatic rings. The van der Waals surface area contributed by atoms with Crippen LogP contribution >= 0.6 is 0 Å². The Morgan fingerprint density at radius 1 is 1.50 bits per heavy atom. The Kier molecular flexibility index (Phi) is 4.33. The molecule has 1 aromatic heterocycles. The molecule has 0 spiro atoms. The van der Waals surface area contributed by atoms with Gasteiger partial charge >= 0.3 is 5.97 Å². The van der Waals surface area contributed by atoms with E-state index in [2.05, 4.69) is 15.3 Å². The Morgan fingerprint density at radius 2 is 2.22 bits per heavy atom. The molecule has 0 aromatic carbocycles. The monoisotopic (exact) mass is 252 g/mol. The predicted octanol–water partition coefficient (Wildman–Crippen LogP) is 0.304. The Balaban J connectivity index is 1.78. The summed E-state index contributed by atoms with van der Waals surface area (Å²) in [5, 5.41) is 16.3. The summed E-state index contributed by atoms with van der Waals surface area (Å²) in [5.41, 5.74) is 1.01.